The summed E-state index contributed by atoms with van der Waals surface area (Å²) in [7, 11) is 2.09. The first-order chi connectivity index (χ1) is 21.1. The average Bonchev–Trinajstić information content (AvgIpc) is 3.39. The number of fused-ring (bicyclic) bond motifs is 1. The van der Waals surface area contributed by atoms with E-state index >= 15 is 0 Å². The maximum Gasteiger partial charge on any atom is 0.246 e. The lowest BCUT2D eigenvalue weighted by Gasteiger charge is -2.21. The number of nitrogen functional groups attached to an aromatic ring is 1. The highest BCUT2D eigenvalue weighted by atomic mass is 16.5. The summed E-state index contributed by atoms with van der Waals surface area (Å²) in [5.41, 5.74) is 10.8. The number of nitrogens with two attached hydrogens (primary N) is 1. The van der Waals surface area contributed by atoms with Gasteiger partial charge in [0.15, 0.2) is 0 Å². The van der Waals surface area contributed by atoms with Gasteiger partial charge in [-0.15, -0.1) is 0 Å². The van der Waals surface area contributed by atoms with Gasteiger partial charge in [0.25, 0.3) is 0 Å². The molecule has 9 nitrogen and oxygen atoms in total. The molecule has 2 aromatic heterocycles. The first-order valence-electron chi connectivity index (χ1n) is 15.3. The summed E-state index contributed by atoms with van der Waals surface area (Å²) in [5.74, 6) is 2.55. The number of carbonyl (C=O) groups is 1. The molecule has 2 aromatic carbocycles. The number of likely N-dealkylation sites (N-methyl/N-ethyl adjacent to an activating group) is 1. The number of para-hydroxylation sites is 1. The molecular formula is C34H38N6O3. The van der Waals surface area contributed by atoms with E-state index < -0.39 is 0 Å². The fourth-order valence-corrected chi connectivity index (χ4v) is 6.50. The third kappa shape index (κ3) is 5.62. The van der Waals surface area contributed by atoms with Gasteiger partial charge in [0, 0.05) is 49.6 Å². The number of rotatable bonds is 9. The molecule has 43 heavy (non-hydrogen) atoms. The van der Waals surface area contributed by atoms with E-state index in [0.717, 1.165) is 79.1 Å². The van der Waals surface area contributed by atoms with Crippen molar-refractivity contribution < 1.29 is 14.3 Å². The number of anilines is 1. The zero-order valence-electron chi connectivity index (χ0n) is 24.6. The molecule has 1 saturated carbocycles. The van der Waals surface area contributed by atoms with E-state index in [0.29, 0.717) is 30.9 Å². The lowest BCUT2D eigenvalue weighted by Crippen LogP contribution is -2.32. The summed E-state index contributed by atoms with van der Waals surface area (Å²) >= 11 is 0. The Hall–Kier alpha value is -4.21. The maximum atomic E-state index is 13.2. The first-order valence-corrected chi connectivity index (χ1v) is 15.3. The second kappa shape index (κ2) is 11.8. The number of benzene rings is 2. The van der Waals surface area contributed by atoms with Crippen LogP contribution in [-0.2, 0) is 9.53 Å². The summed E-state index contributed by atoms with van der Waals surface area (Å²) in [6.45, 7) is 3.68. The van der Waals surface area contributed by atoms with Crippen LogP contribution in [0.3, 0.4) is 0 Å². The number of hydrogen-bond donors (Lipinski definition) is 1. The summed E-state index contributed by atoms with van der Waals surface area (Å²) in [6, 6.07) is 18.5. The Morgan fingerprint density at radius 3 is 2.60 bits per heavy atom. The van der Waals surface area contributed by atoms with Crippen molar-refractivity contribution in [3.63, 3.8) is 0 Å². The van der Waals surface area contributed by atoms with Crippen LogP contribution in [0.5, 0.6) is 11.5 Å². The van der Waals surface area contributed by atoms with E-state index in [4.69, 9.17) is 20.2 Å². The Labute approximate surface area is 251 Å². The van der Waals surface area contributed by atoms with Gasteiger partial charge < -0.3 is 24.7 Å². The number of likely N-dealkylation sites (tertiary alicyclic amines) is 1. The number of hydrogen-bond acceptors (Lipinski definition) is 7. The molecule has 3 aliphatic rings. The Bertz CT molecular complexity index is 1620. The average molecular weight is 579 g/mol. The standard InChI is InChI=1S/C34H38N6O3/c1-38(26-16-19-42-21-26)17-5-8-29(41)39-18-15-25(20-39)40-32(24-9-10-24)30(31-33(35)36-22-37-34(31)40)23-11-13-28(14-12-23)43-27-6-3-2-4-7-27/h2-8,11-14,22,24-26H,9-10,15-21H2,1H3,(H2,35,36,37)/t25-,26+/m1/s1. The molecule has 0 bridgehead atoms. The molecule has 2 saturated heterocycles. The van der Waals surface area contributed by atoms with Crippen LogP contribution in [0.2, 0.25) is 0 Å². The van der Waals surface area contributed by atoms with Crippen LogP contribution in [0, 0.1) is 0 Å². The number of ether oxygens (including phenoxy) is 2. The lowest BCUT2D eigenvalue weighted by molar-refractivity contribution is -0.125. The quantitative estimate of drug-likeness (QED) is 0.266. The summed E-state index contributed by atoms with van der Waals surface area (Å²) < 4.78 is 13.9. The van der Waals surface area contributed by atoms with Crippen LogP contribution in [0.25, 0.3) is 22.2 Å². The van der Waals surface area contributed by atoms with Crippen LogP contribution in [-0.4, -0.2) is 76.2 Å². The Morgan fingerprint density at radius 2 is 1.86 bits per heavy atom. The minimum Gasteiger partial charge on any atom is -0.457 e. The Kier molecular flexibility index (Phi) is 7.59. The monoisotopic (exact) mass is 578 g/mol. The molecule has 1 amide bonds. The maximum absolute atomic E-state index is 13.2. The molecular weight excluding hydrogens is 540 g/mol. The highest BCUT2D eigenvalue weighted by Gasteiger charge is 2.38. The van der Waals surface area contributed by atoms with Gasteiger partial charge in [0.05, 0.1) is 18.0 Å². The first kappa shape index (κ1) is 27.6. The molecule has 222 valence electrons. The highest BCUT2D eigenvalue weighted by Crippen LogP contribution is 2.51. The van der Waals surface area contributed by atoms with Gasteiger partial charge >= 0.3 is 0 Å². The molecule has 1 aliphatic carbocycles. The van der Waals surface area contributed by atoms with E-state index in [2.05, 4.69) is 33.6 Å². The highest BCUT2D eigenvalue weighted by molar-refractivity contribution is 6.03. The molecule has 4 aromatic rings. The molecule has 2 aliphatic heterocycles. The van der Waals surface area contributed by atoms with Crippen molar-refractivity contribution in [3.8, 4) is 22.6 Å². The fraction of sp³-hybridized carbons (Fsp3) is 0.382. The van der Waals surface area contributed by atoms with Crippen LogP contribution < -0.4 is 10.5 Å². The van der Waals surface area contributed by atoms with Gasteiger partial charge in [-0.2, -0.15) is 0 Å². The van der Waals surface area contributed by atoms with E-state index in [1.165, 1.54) is 5.69 Å². The van der Waals surface area contributed by atoms with Crippen molar-refractivity contribution >= 4 is 22.8 Å². The van der Waals surface area contributed by atoms with Crippen molar-refractivity contribution in [1.82, 2.24) is 24.3 Å². The topological polar surface area (TPSA) is 98.7 Å². The molecule has 2 N–H and O–H groups in total. The number of aromatic nitrogens is 3. The van der Waals surface area contributed by atoms with Gasteiger partial charge in [-0.05, 0) is 68.5 Å². The Morgan fingerprint density at radius 1 is 1.07 bits per heavy atom. The smallest absolute Gasteiger partial charge is 0.246 e. The summed E-state index contributed by atoms with van der Waals surface area (Å²) in [5, 5.41) is 0.893. The van der Waals surface area contributed by atoms with Crippen molar-refractivity contribution in [3.05, 3.63) is 78.8 Å². The molecule has 9 heteroatoms. The third-order valence-electron chi connectivity index (χ3n) is 8.96. The summed E-state index contributed by atoms with van der Waals surface area (Å²) in [6.07, 6.45) is 9.43. The molecule has 0 spiro atoms. The number of carbonyl (C=O) groups excluding carboxylic acids is 1. The van der Waals surface area contributed by atoms with Gasteiger partial charge in [-0.3, -0.25) is 9.69 Å². The molecule has 0 unspecified atom stereocenters. The normalized spacial score (nSPS) is 20.6. The van der Waals surface area contributed by atoms with Crippen LogP contribution in [0.15, 0.2) is 73.1 Å². The van der Waals surface area contributed by atoms with Crippen molar-refractivity contribution in [2.24, 2.45) is 0 Å². The van der Waals surface area contributed by atoms with Gasteiger partial charge in [0.2, 0.25) is 5.91 Å². The fourth-order valence-electron chi connectivity index (χ4n) is 6.50. The van der Waals surface area contributed by atoms with Crippen LogP contribution in [0.4, 0.5) is 5.82 Å². The Balaban J connectivity index is 1.15. The van der Waals surface area contributed by atoms with Gasteiger partial charge in [-0.25, -0.2) is 9.97 Å². The molecule has 0 radical (unpaired) electrons. The van der Waals surface area contributed by atoms with E-state index in [-0.39, 0.29) is 11.9 Å². The van der Waals surface area contributed by atoms with Gasteiger partial charge in [-0.1, -0.05) is 36.4 Å². The van der Waals surface area contributed by atoms with Crippen molar-refractivity contribution in [1.29, 1.82) is 0 Å². The SMILES string of the molecule is CN(CC=CC(=O)N1CC[C@@H](n2c(C3CC3)c(-c3ccc(Oc4ccccc4)cc3)c3c(N)ncnc32)C1)[C@H]1CCOC1. The zero-order chi connectivity index (χ0) is 29.3. The van der Waals surface area contributed by atoms with Crippen LogP contribution in [0.1, 0.15) is 43.3 Å². The van der Waals surface area contributed by atoms with E-state index in [1.54, 1.807) is 12.4 Å². The zero-order valence-corrected chi connectivity index (χ0v) is 24.6. The molecule has 4 heterocycles. The number of nitrogens with zero attached hydrogens (tertiary/aromatic N) is 5. The predicted octanol–water partition coefficient (Wildman–Crippen LogP) is 5.40. The lowest BCUT2D eigenvalue weighted by atomic mass is 10.0. The second-order valence-corrected chi connectivity index (χ2v) is 11.9. The molecule has 7 rings (SSSR count). The van der Waals surface area contributed by atoms with Crippen molar-refractivity contribution in [2.75, 3.05) is 45.6 Å². The summed E-state index contributed by atoms with van der Waals surface area (Å²) in [4.78, 5) is 26.6. The predicted molar refractivity (Wildman–Crippen MR) is 167 cm³/mol. The molecule has 3 fully saturated rings. The third-order valence-corrected chi connectivity index (χ3v) is 8.96. The van der Waals surface area contributed by atoms with E-state index in [1.807, 2.05) is 53.4 Å². The second-order valence-electron chi connectivity index (χ2n) is 11.9. The number of amides is 1. The van der Waals surface area contributed by atoms with E-state index in [9.17, 15) is 4.79 Å². The minimum absolute atomic E-state index is 0.0615. The van der Waals surface area contributed by atoms with Gasteiger partial charge in [0.1, 0.15) is 29.3 Å². The molecule has 2 atom stereocenters. The largest absolute Gasteiger partial charge is 0.457 e. The van der Waals surface area contributed by atoms with Crippen LogP contribution >= 0.6 is 0 Å². The van der Waals surface area contributed by atoms with Crippen molar-refractivity contribution in [2.45, 2.75) is 43.7 Å². The minimum atomic E-state index is 0.0615.